The summed E-state index contributed by atoms with van der Waals surface area (Å²) in [6.45, 7) is 5.31. The van der Waals surface area contributed by atoms with Gasteiger partial charge in [-0.05, 0) is 61.6 Å². The Balaban J connectivity index is 1.62. The lowest BCUT2D eigenvalue weighted by Gasteiger charge is -2.28. The third-order valence-corrected chi connectivity index (χ3v) is 7.21. The minimum absolute atomic E-state index is 0.105. The predicted octanol–water partition coefficient (Wildman–Crippen LogP) is 2.47. The number of aliphatic hydroxyl groups excluding tert-OH is 2. The van der Waals surface area contributed by atoms with Gasteiger partial charge in [-0.15, -0.1) is 0 Å². The number of carbonyl (C=O) groups is 2. The molecule has 0 aliphatic heterocycles. The van der Waals surface area contributed by atoms with Crippen LogP contribution in [0.2, 0.25) is 0 Å². The molecule has 0 saturated heterocycles. The van der Waals surface area contributed by atoms with E-state index in [4.69, 9.17) is 5.11 Å². The summed E-state index contributed by atoms with van der Waals surface area (Å²) in [6.07, 6.45) is 0.292. The summed E-state index contributed by atoms with van der Waals surface area (Å²) in [5, 5.41) is 34.2. The van der Waals surface area contributed by atoms with Crippen LogP contribution in [0.4, 0.5) is 0 Å². The average Bonchev–Trinajstić information content (AvgIpc) is 3.01. The minimum atomic E-state index is -0.907. The van der Waals surface area contributed by atoms with Gasteiger partial charge in [0, 0.05) is 38.3 Å². The van der Waals surface area contributed by atoms with Gasteiger partial charge in [-0.2, -0.15) is 0 Å². The highest BCUT2D eigenvalue weighted by atomic mass is 16.3. The van der Waals surface area contributed by atoms with E-state index < -0.39 is 17.7 Å². The van der Waals surface area contributed by atoms with E-state index >= 15 is 0 Å². The Morgan fingerprint density at radius 1 is 0.884 bits per heavy atom. The summed E-state index contributed by atoms with van der Waals surface area (Å²) in [7, 11) is 1.91. The number of amides is 2. The number of nitrogens with one attached hydrogen (secondary N) is 5. The molecule has 3 aromatic carbocycles. The number of hydrogen-bond donors (Lipinski definition) is 7. The van der Waals surface area contributed by atoms with Crippen LogP contribution in [0.25, 0.3) is 11.1 Å². The van der Waals surface area contributed by atoms with Crippen LogP contribution in [-0.2, 0) is 29.1 Å². The zero-order valence-electron chi connectivity index (χ0n) is 25.5. The topological polar surface area (TPSA) is 135 Å². The van der Waals surface area contributed by atoms with Gasteiger partial charge in [-0.1, -0.05) is 78.9 Å². The number of β-amino-alcohol motifs (C(OH)–C–C–N with tert-alkyl or cyclic N) is 1. The van der Waals surface area contributed by atoms with Crippen molar-refractivity contribution < 1.29 is 19.8 Å². The van der Waals surface area contributed by atoms with Crippen molar-refractivity contribution in [1.29, 1.82) is 0 Å². The van der Waals surface area contributed by atoms with Crippen molar-refractivity contribution in [3.63, 3.8) is 0 Å². The summed E-state index contributed by atoms with van der Waals surface area (Å²) in [6, 6.07) is 25.6. The number of hydrogen-bond acceptors (Lipinski definition) is 7. The first-order valence-corrected chi connectivity index (χ1v) is 14.9. The molecule has 0 unspecified atom stereocenters. The van der Waals surface area contributed by atoms with E-state index in [1.807, 2.05) is 75.5 Å². The number of carbonyl (C=O) groups excluding carboxylic acids is 2. The van der Waals surface area contributed by atoms with Crippen molar-refractivity contribution in [2.75, 3.05) is 26.9 Å². The lowest BCUT2D eigenvalue weighted by molar-refractivity contribution is -0.129. The summed E-state index contributed by atoms with van der Waals surface area (Å²) in [5.74, 6) is -0.507. The van der Waals surface area contributed by atoms with Crippen molar-refractivity contribution in [2.45, 2.75) is 63.9 Å². The van der Waals surface area contributed by atoms with Crippen LogP contribution >= 0.6 is 0 Å². The molecule has 0 bridgehead atoms. The van der Waals surface area contributed by atoms with Gasteiger partial charge in [0.2, 0.25) is 11.8 Å². The molecule has 3 aromatic rings. The molecule has 0 fully saturated rings. The van der Waals surface area contributed by atoms with Gasteiger partial charge in [0.15, 0.2) is 0 Å². The number of benzene rings is 3. The maximum atomic E-state index is 13.3. The van der Waals surface area contributed by atoms with Crippen LogP contribution in [0.3, 0.4) is 0 Å². The van der Waals surface area contributed by atoms with Gasteiger partial charge in [0.1, 0.15) is 6.04 Å². The summed E-state index contributed by atoms with van der Waals surface area (Å²) < 4.78 is 0. The standard InChI is InChI=1S/C34H47N5O4/c1-34(2,38-22-29(41)23-40)19-32(42)39-31(18-15-25-9-5-4-6-10-25)33(43)37-20-26-13-16-27(17-14-26)30-12-8-7-11-28(30)21-36-24-35-3/h4-14,16-17,29,31,35-36,38,40-41H,15,18-24H2,1-3H3,(H,37,43)(H,39,42)/t29-,31+/m0/s1. The number of aliphatic hydroxyl groups is 2. The van der Waals surface area contributed by atoms with E-state index in [0.717, 1.165) is 35.5 Å². The van der Waals surface area contributed by atoms with Crippen LogP contribution in [-0.4, -0.2) is 66.6 Å². The Bertz CT molecular complexity index is 1270. The summed E-state index contributed by atoms with van der Waals surface area (Å²) in [5.41, 5.74) is 4.89. The first kappa shape index (κ1) is 33.9. The molecule has 0 aliphatic carbocycles. The first-order valence-electron chi connectivity index (χ1n) is 14.9. The molecule has 0 spiro atoms. The second-order valence-electron chi connectivity index (χ2n) is 11.5. The second kappa shape index (κ2) is 17.5. The molecule has 9 nitrogen and oxygen atoms in total. The van der Waals surface area contributed by atoms with Crippen LogP contribution in [0.1, 0.15) is 43.4 Å². The quantitative estimate of drug-likeness (QED) is 0.0895. The SMILES string of the molecule is CNCNCc1ccccc1-c1ccc(CNC(=O)[C@@H](CCc2ccccc2)NC(=O)CC(C)(C)NC[C@H](O)CO)cc1. The highest BCUT2D eigenvalue weighted by molar-refractivity contribution is 5.88. The minimum Gasteiger partial charge on any atom is -0.394 e. The predicted molar refractivity (Wildman–Crippen MR) is 171 cm³/mol. The molecule has 9 heteroatoms. The fourth-order valence-electron chi connectivity index (χ4n) is 4.79. The third-order valence-electron chi connectivity index (χ3n) is 7.21. The number of rotatable bonds is 18. The Labute approximate surface area is 255 Å². The molecule has 43 heavy (non-hydrogen) atoms. The Hall–Kier alpha value is -3.60. The van der Waals surface area contributed by atoms with Gasteiger partial charge in [-0.25, -0.2) is 0 Å². The fraction of sp³-hybridized carbons (Fsp3) is 0.412. The Kier molecular flexibility index (Phi) is 13.8. The van der Waals surface area contributed by atoms with E-state index in [0.29, 0.717) is 19.4 Å². The summed E-state index contributed by atoms with van der Waals surface area (Å²) >= 11 is 0. The zero-order valence-corrected chi connectivity index (χ0v) is 25.5. The van der Waals surface area contributed by atoms with E-state index in [2.05, 4.69) is 50.8 Å². The van der Waals surface area contributed by atoms with E-state index in [-0.39, 0.29) is 31.4 Å². The van der Waals surface area contributed by atoms with Gasteiger partial charge < -0.3 is 36.8 Å². The molecule has 3 rings (SSSR count). The fourth-order valence-corrected chi connectivity index (χ4v) is 4.79. The molecule has 2 amide bonds. The van der Waals surface area contributed by atoms with Crippen LogP contribution in [0.5, 0.6) is 0 Å². The molecule has 0 radical (unpaired) electrons. The van der Waals surface area contributed by atoms with E-state index in [9.17, 15) is 14.7 Å². The molecule has 0 saturated carbocycles. The lowest BCUT2D eigenvalue weighted by atomic mass is 9.98. The maximum Gasteiger partial charge on any atom is 0.242 e. The average molecular weight is 590 g/mol. The molecule has 232 valence electrons. The van der Waals surface area contributed by atoms with Crippen molar-refractivity contribution in [2.24, 2.45) is 0 Å². The molecule has 7 N–H and O–H groups in total. The zero-order chi connectivity index (χ0) is 31.1. The molecule has 2 atom stereocenters. The lowest BCUT2D eigenvalue weighted by Crippen LogP contribution is -2.51. The van der Waals surface area contributed by atoms with Crippen molar-refractivity contribution in [3.05, 3.63) is 95.6 Å². The van der Waals surface area contributed by atoms with Crippen LogP contribution in [0.15, 0.2) is 78.9 Å². The van der Waals surface area contributed by atoms with Gasteiger partial charge in [0.25, 0.3) is 0 Å². The normalized spacial score (nSPS) is 12.9. The Morgan fingerprint density at radius 2 is 1.58 bits per heavy atom. The van der Waals surface area contributed by atoms with E-state index in [1.54, 1.807) is 0 Å². The molecular formula is C34H47N5O4. The van der Waals surface area contributed by atoms with Crippen molar-refractivity contribution >= 4 is 11.8 Å². The molecular weight excluding hydrogens is 542 g/mol. The smallest absolute Gasteiger partial charge is 0.242 e. The van der Waals surface area contributed by atoms with Crippen molar-refractivity contribution in [3.8, 4) is 11.1 Å². The monoisotopic (exact) mass is 589 g/mol. The molecule has 0 aliphatic rings. The maximum absolute atomic E-state index is 13.3. The van der Waals surface area contributed by atoms with Gasteiger partial charge >= 0.3 is 0 Å². The van der Waals surface area contributed by atoms with Gasteiger partial charge in [-0.3, -0.25) is 9.59 Å². The van der Waals surface area contributed by atoms with Gasteiger partial charge in [0.05, 0.1) is 12.7 Å². The second-order valence-corrected chi connectivity index (χ2v) is 11.5. The highest BCUT2D eigenvalue weighted by Crippen LogP contribution is 2.24. The molecule has 0 heterocycles. The van der Waals surface area contributed by atoms with Crippen molar-refractivity contribution in [1.82, 2.24) is 26.6 Å². The Morgan fingerprint density at radius 3 is 2.28 bits per heavy atom. The first-order chi connectivity index (χ1) is 20.7. The largest absolute Gasteiger partial charge is 0.394 e. The highest BCUT2D eigenvalue weighted by Gasteiger charge is 2.26. The number of aryl methyl sites for hydroxylation is 1. The van der Waals surface area contributed by atoms with Crippen LogP contribution in [0, 0.1) is 0 Å². The third kappa shape index (κ3) is 11.9. The molecule has 0 aromatic heterocycles. The van der Waals surface area contributed by atoms with Crippen LogP contribution < -0.4 is 26.6 Å². The summed E-state index contributed by atoms with van der Waals surface area (Å²) in [4.78, 5) is 26.3. The van der Waals surface area contributed by atoms with E-state index in [1.165, 1.54) is 5.56 Å².